The Kier molecular flexibility index (Phi) is 3.68. The molecule has 0 aliphatic heterocycles. The van der Waals surface area contributed by atoms with Gasteiger partial charge in [0.25, 0.3) is 0 Å². The van der Waals surface area contributed by atoms with Crippen LogP contribution in [0.1, 0.15) is 11.1 Å². The van der Waals surface area contributed by atoms with Crippen molar-refractivity contribution in [2.24, 2.45) is 0 Å². The van der Waals surface area contributed by atoms with Gasteiger partial charge in [0.15, 0.2) is 0 Å². The van der Waals surface area contributed by atoms with Crippen LogP contribution in [0.3, 0.4) is 0 Å². The van der Waals surface area contributed by atoms with Gasteiger partial charge >= 0.3 is 0 Å². The lowest BCUT2D eigenvalue weighted by Gasteiger charge is -2.05. The molecular weight excluding hydrogens is 212 g/mol. The van der Waals surface area contributed by atoms with Crippen molar-refractivity contribution in [3.63, 3.8) is 0 Å². The second-order valence-electron chi connectivity index (χ2n) is 4.04. The molecule has 0 amide bonds. The minimum atomic E-state index is 0.900. The Morgan fingerprint density at radius 1 is 0.938 bits per heavy atom. The number of hydrogen-bond donors (Lipinski definition) is 1. The lowest BCUT2D eigenvalue weighted by atomic mass is 10.0. The van der Waals surface area contributed by atoms with Crippen molar-refractivity contribution in [1.82, 2.24) is 0 Å². The number of hydrogen-bond acceptors (Lipinski definition) is 1. The van der Waals surface area contributed by atoms with Gasteiger partial charge in [0.1, 0.15) is 0 Å². The molecule has 0 atom stereocenters. The maximum Gasteiger partial charge on any atom is -0.00574 e. The average molecular weight is 228 g/mol. The van der Waals surface area contributed by atoms with Crippen LogP contribution in [0.5, 0.6) is 0 Å². The highest BCUT2D eigenvalue weighted by Gasteiger charge is 1.99. The molecule has 0 saturated heterocycles. The van der Waals surface area contributed by atoms with Crippen molar-refractivity contribution in [3.05, 3.63) is 59.7 Å². The molecule has 0 saturated carbocycles. The van der Waals surface area contributed by atoms with E-state index in [0.717, 1.165) is 12.2 Å². The highest BCUT2D eigenvalue weighted by atomic mass is 32.1. The Morgan fingerprint density at radius 3 is 2.31 bits per heavy atom. The summed E-state index contributed by atoms with van der Waals surface area (Å²) >= 11 is 4.27. The third-order valence-corrected chi connectivity index (χ3v) is 2.90. The first-order chi connectivity index (χ1) is 7.79. The molecule has 2 aromatic carbocycles. The van der Waals surface area contributed by atoms with Crippen LogP contribution in [-0.4, -0.2) is 5.75 Å². The Hall–Kier alpha value is -1.21. The van der Waals surface area contributed by atoms with Crippen LogP contribution in [0, 0.1) is 6.92 Å². The van der Waals surface area contributed by atoms with Gasteiger partial charge in [-0.2, -0.15) is 12.6 Å². The Balaban J connectivity index is 2.36. The molecule has 0 bridgehead atoms. The van der Waals surface area contributed by atoms with Gasteiger partial charge in [-0.05, 0) is 35.8 Å². The molecule has 0 aliphatic carbocycles. The largest absolute Gasteiger partial charge is 0.179 e. The van der Waals surface area contributed by atoms with Gasteiger partial charge in [0.05, 0.1) is 0 Å². The normalized spacial score (nSPS) is 10.4. The zero-order valence-corrected chi connectivity index (χ0v) is 10.4. The molecule has 1 heteroatoms. The van der Waals surface area contributed by atoms with Crippen LogP contribution < -0.4 is 0 Å². The van der Waals surface area contributed by atoms with Crippen molar-refractivity contribution in [2.75, 3.05) is 5.75 Å². The van der Waals surface area contributed by atoms with E-state index < -0.39 is 0 Å². The predicted molar refractivity (Wildman–Crippen MR) is 74.2 cm³/mol. The van der Waals surface area contributed by atoms with Gasteiger partial charge < -0.3 is 0 Å². The van der Waals surface area contributed by atoms with Gasteiger partial charge in [0, 0.05) is 0 Å². The van der Waals surface area contributed by atoms with E-state index in [0.29, 0.717) is 0 Å². The fraction of sp³-hybridized carbons (Fsp3) is 0.200. The third-order valence-electron chi connectivity index (χ3n) is 2.68. The van der Waals surface area contributed by atoms with Crippen molar-refractivity contribution >= 4 is 12.6 Å². The standard InChI is InChI=1S/C15H16S/c1-12-4-2-6-14(10-12)15-7-3-5-13(11-15)8-9-16/h2-7,10-11,16H,8-9H2,1H3. The van der Waals surface area contributed by atoms with Crippen molar-refractivity contribution < 1.29 is 0 Å². The summed E-state index contributed by atoms with van der Waals surface area (Å²) in [6.45, 7) is 2.13. The van der Waals surface area contributed by atoms with Gasteiger partial charge in [-0.25, -0.2) is 0 Å². The predicted octanol–water partition coefficient (Wildman–Crippen LogP) is 4.13. The minimum absolute atomic E-state index is 0.900. The van der Waals surface area contributed by atoms with Gasteiger partial charge in [0.2, 0.25) is 0 Å². The van der Waals surface area contributed by atoms with E-state index in [1.807, 2.05) is 0 Å². The molecular formula is C15H16S. The van der Waals surface area contributed by atoms with Crippen molar-refractivity contribution in [1.29, 1.82) is 0 Å². The number of thiol groups is 1. The van der Waals surface area contributed by atoms with Crippen molar-refractivity contribution in [3.8, 4) is 11.1 Å². The summed E-state index contributed by atoms with van der Waals surface area (Å²) in [5, 5.41) is 0. The molecule has 0 spiro atoms. The van der Waals surface area contributed by atoms with Gasteiger partial charge in [-0.15, -0.1) is 0 Å². The fourth-order valence-electron chi connectivity index (χ4n) is 1.86. The maximum atomic E-state index is 4.27. The first-order valence-corrected chi connectivity index (χ1v) is 6.19. The second kappa shape index (κ2) is 5.22. The molecule has 0 N–H and O–H groups in total. The Labute approximate surface area is 103 Å². The summed E-state index contributed by atoms with van der Waals surface area (Å²) in [4.78, 5) is 0. The summed E-state index contributed by atoms with van der Waals surface area (Å²) in [6, 6.07) is 17.3. The van der Waals surface area contributed by atoms with Crippen LogP contribution in [0.4, 0.5) is 0 Å². The smallest absolute Gasteiger partial charge is 0.00574 e. The molecule has 0 unspecified atom stereocenters. The topological polar surface area (TPSA) is 0 Å². The molecule has 0 aromatic heterocycles. The molecule has 82 valence electrons. The quantitative estimate of drug-likeness (QED) is 0.750. The molecule has 0 fully saturated rings. The number of aryl methyl sites for hydroxylation is 2. The first kappa shape index (κ1) is 11.3. The Morgan fingerprint density at radius 2 is 1.62 bits per heavy atom. The van der Waals surface area contributed by atoms with Crippen LogP contribution in [0.15, 0.2) is 48.5 Å². The molecule has 0 nitrogen and oxygen atoms in total. The van der Waals surface area contributed by atoms with Crippen LogP contribution in [0.25, 0.3) is 11.1 Å². The fourth-order valence-corrected chi connectivity index (χ4v) is 2.12. The molecule has 0 heterocycles. The van der Waals surface area contributed by atoms with E-state index in [1.54, 1.807) is 0 Å². The van der Waals surface area contributed by atoms with E-state index in [9.17, 15) is 0 Å². The monoisotopic (exact) mass is 228 g/mol. The lowest BCUT2D eigenvalue weighted by molar-refractivity contribution is 1.16. The minimum Gasteiger partial charge on any atom is -0.179 e. The van der Waals surface area contributed by atoms with Crippen LogP contribution >= 0.6 is 12.6 Å². The first-order valence-electron chi connectivity index (χ1n) is 5.56. The zero-order valence-electron chi connectivity index (χ0n) is 9.48. The van der Waals surface area contributed by atoms with E-state index in [4.69, 9.17) is 0 Å². The summed E-state index contributed by atoms with van der Waals surface area (Å²) in [6.07, 6.45) is 1.03. The molecule has 2 rings (SSSR count). The zero-order chi connectivity index (χ0) is 11.4. The molecule has 0 radical (unpaired) electrons. The molecule has 2 aromatic rings. The molecule has 16 heavy (non-hydrogen) atoms. The van der Waals surface area contributed by atoms with E-state index >= 15 is 0 Å². The van der Waals surface area contributed by atoms with E-state index in [1.165, 1.54) is 22.3 Å². The van der Waals surface area contributed by atoms with Crippen LogP contribution in [-0.2, 0) is 6.42 Å². The van der Waals surface area contributed by atoms with Gasteiger partial charge in [-0.3, -0.25) is 0 Å². The highest BCUT2D eigenvalue weighted by Crippen LogP contribution is 2.21. The summed E-state index contributed by atoms with van der Waals surface area (Å²) in [5.74, 6) is 0.900. The van der Waals surface area contributed by atoms with E-state index in [-0.39, 0.29) is 0 Å². The Bertz CT molecular complexity index is 474. The van der Waals surface area contributed by atoms with Crippen molar-refractivity contribution in [2.45, 2.75) is 13.3 Å². The highest BCUT2D eigenvalue weighted by molar-refractivity contribution is 7.80. The third kappa shape index (κ3) is 2.67. The molecule has 0 aliphatic rings. The van der Waals surface area contributed by atoms with Gasteiger partial charge in [-0.1, -0.05) is 54.1 Å². The summed E-state index contributed by atoms with van der Waals surface area (Å²) < 4.78 is 0. The van der Waals surface area contributed by atoms with E-state index in [2.05, 4.69) is 68.1 Å². The maximum absolute atomic E-state index is 4.27. The summed E-state index contributed by atoms with van der Waals surface area (Å²) in [5.41, 5.74) is 5.25. The number of rotatable bonds is 3. The number of benzene rings is 2. The second-order valence-corrected chi connectivity index (χ2v) is 4.49. The average Bonchev–Trinajstić information content (AvgIpc) is 2.30. The lowest BCUT2D eigenvalue weighted by Crippen LogP contribution is -1.87. The summed E-state index contributed by atoms with van der Waals surface area (Å²) in [7, 11) is 0. The SMILES string of the molecule is Cc1cccc(-c2cccc(CCS)c2)c1. The van der Waals surface area contributed by atoms with Crippen LogP contribution in [0.2, 0.25) is 0 Å².